The molecule has 2 aliphatic heterocycles. The minimum absolute atomic E-state index is 0. The maximum atomic E-state index is 15.0. The minimum atomic E-state index is -1.32. The summed E-state index contributed by atoms with van der Waals surface area (Å²) in [4.78, 5) is 35.3. The molecule has 3 aliphatic rings. The number of nitrogens with zero attached hydrogens (tertiary/aromatic N) is 4. The predicted octanol–water partition coefficient (Wildman–Crippen LogP) is 1.40. The fourth-order valence-corrected chi connectivity index (χ4v) is 4.23. The van der Waals surface area contributed by atoms with Crippen LogP contribution < -0.4 is 15.6 Å². The van der Waals surface area contributed by atoms with Gasteiger partial charge in [-0.05, 0) is 18.9 Å². The lowest BCUT2D eigenvalue weighted by Crippen LogP contribution is -2.58. The third-order valence-corrected chi connectivity index (χ3v) is 5.98. The molecular weight excluding hydrogens is 417 g/mol. The number of fused-ring (bicyclic) bond motifs is 1. The monoisotopic (exact) mass is 437 g/mol. The minimum Gasteiger partial charge on any atom is -0.477 e. The average molecular weight is 438 g/mol. The Balaban J connectivity index is 0.00000218. The van der Waals surface area contributed by atoms with Crippen molar-refractivity contribution in [3.63, 3.8) is 0 Å². The highest BCUT2D eigenvalue weighted by Gasteiger charge is 2.50. The van der Waals surface area contributed by atoms with Crippen LogP contribution in [0.5, 0.6) is 0 Å². The zero-order chi connectivity index (χ0) is 20.3. The predicted molar refractivity (Wildman–Crippen MR) is 110 cm³/mol. The lowest BCUT2D eigenvalue weighted by molar-refractivity contribution is 0.0695. The average Bonchev–Trinajstić information content (AvgIpc) is 3.42. The van der Waals surface area contributed by atoms with Gasteiger partial charge in [0.25, 0.3) is 0 Å². The van der Waals surface area contributed by atoms with E-state index in [9.17, 15) is 14.7 Å². The Bertz CT molecular complexity index is 1130. The number of aromatic nitrogens is 2. The van der Waals surface area contributed by atoms with E-state index >= 15 is 4.39 Å². The number of hydrogen-bond donors (Lipinski definition) is 2. The lowest BCUT2D eigenvalue weighted by atomic mass is 9.79. The highest BCUT2D eigenvalue weighted by atomic mass is 35.5. The van der Waals surface area contributed by atoms with Gasteiger partial charge in [-0.1, -0.05) is 5.16 Å². The summed E-state index contributed by atoms with van der Waals surface area (Å²) in [6.45, 7) is 2.38. The molecule has 1 saturated carbocycles. The molecule has 0 bridgehead atoms. The van der Waals surface area contributed by atoms with Gasteiger partial charge in [0, 0.05) is 31.9 Å². The third kappa shape index (κ3) is 3.02. The smallest absolute Gasteiger partial charge is 0.341 e. The fourth-order valence-electron chi connectivity index (χ4n) is 4.23. The molecule has 0 amide bonds. The molecule has 1 aliphatic carbocycles. The highest BCUT2D eigenvalue weighted by molar-refractivity contribution is 5.98. The van der Waals surface area contributed by atoms with Crippen molar-refractivity contribution >= 4 is 40.9 Å². The van der Waals surface area contributed by atoms with Crippen molar-refractivity contribution in [1.82, 2.24) is 14.9 Å². The molecule has 3 fully saturated rings. The number of carboxylic acids is 1. The Kier molecular flexibility index (Phi) is 4.94. The molecule has 2 aromatic rings. The summed E-state index contributed by atoms with van der Waals surface area (Å²) in [6, 6.07) is 1.19. The molecule has 160 valence electrons. The number of pyridine rings is 2. The van der Waals surface area contributed by atoms with Gasteiger partial charge in [0.1, 0.15) is 18.3 Å². The van der Waals surface area contributed by atoms with E-state index in [4.69, 9.17) is 4.84 Å². The van der Waals surface area contributed by atoms with Gasteiger partial charge in [-0.25, -0.2) is 14.2 Å². The summed E-state index contributed by atoms with van der Waals surface area (Å²) in [5, 5.41) is 16.7. The maximum absolute atomic E-state index is 15.0. The van der Waals surface area contributed by atoms with Crippen molar-refractivity contribution < 1.29 is 19.1 Å². The second-order valence-electron chi connectivity index (χ2n) is 7.94. The quantitative estimate of drug-likeness (QED) is 0.696. The number of anilines is 1. The molecule has 0 unspecified atom stereocenters. The molecule has 4 heterocycles. The van der Waals surface area contributed by atoms with Gasteiger partial charge in [0.05, 0.1) is 23.1 Å². The van der Waals surface area contributed by atoms with Gasteiger partial charge in [0.2, 0.25) is 5.43 Å². The molecule has 2 saturated heterocycles. The Hall–Kier alpha value is -2.72. The number of nitrogens with one attached hydrogen (secondary N) is 1. The van der Waals surface area contributed by atoms with E-state index in [1.807, 2.05) is 0 Å². The first-order valence-corrected chi connectivity index (χ1v) is 9.48. The van der Waals surface area contributed by atoms with Crippen LogP contribution in [0.3, 0.4) is 0 Å². The summed E-state index contributed by atoms with van der Waals surface area (Å²) in [5.74, 6) is -1.84. The number of rotatable bonds is 4. The summed E-state index contributed by atoms with van der Waals surface area (Å²) < 4.78 is 16.7. The Morgan fingerprint density at radius 2 is 2.17 bits per heavy atom. The second-order valence-corrected chi connectivity index (χ2v) is 7.94. The van der Waals surface area contributed by atoms with E-state index in [1.54, 1.807) is 9.47 Å². The van der Waals surface area contributed by atoms with E-state index < -0.39 is 17.2 Å². The van der Waals surface area contributed by atoms with Crippen molar-refractivity contribution in [1.29, 1.82) is 0 Å². The van der Waals surface area contributed by atoms with Crippen LogP contribution in [0.25, 0.3) is 11.0 Å². The highest BCUT2D eigenvalue weighted by Crippen LogP contribution is 2.39. The Labute approximate surface area is 176 Å². The van der Waals surface area contributed by atoms with Crippen LogP contribution in [0.4, 0.5) is 10.2 Å². The van der Waals surface area contributed by atoms with Gasteiger partial charge in [-0.2, -0.15) is 0 Å². The van der Waals surface area contributed by atoms with Crippen molar-refractivity contribution in [3.05, 3.63) is 33.9 Å². The maximum Gasteiger partial charge on any atom is 0.341 e. The van der Waals surface area contributed by atoms with E-state index in [1.165, 1.54) is 13.3 Å². The third-order valence-electron chi connectivity index (χ3n) is 5.98. The number of aromatic carboxylic acids is 1. The summed E-state index contributed by atoms with van der Waals surface area (Å²) in [7, 11) is 1.48. The topological polar surface area (TPSA) is 109 Å². The molecule has 0 aromatic carbocycles. The lowest BCUT2D eigenvalue weighted by Gasteiger charge is -2.38. The van der Waals surface area contributed by atoms with Crippen LogP contribution in [-0.4, -0.2) is 59.6 Å². The van der Waals surface area contributed by atoms with Gasteiger partial charge >= 0.3 is 5.97 Å². The molecule has 30 heavy (non-hydrogen) atoms. The van der Waals surface area contributed by atoms with Crippen LogP contribution in [-0.2, 0) is 4.84 Å². The fraction of sp³-hybridized carbons (Fsp3) is 0.474. The standard InChI is InChI=1S/C19H20FN5O4.ClH/c1-29-23-14-6-24(9-19(14)7-21-8-19)17-13(20)4-11-15(26)12(18(27)28)5-25(10-2-3-10)16(11)22-17;/h4-5,10,21H,2-3,6-9H2,1H3,(H,27,28);1H/b23-14-;. The van der Waals surface area contributed by atoms with Crippen LogP contribution in [0.15, 0.2) is 22.2 Å². The molecule has 2 aromatic heterocycles. The summed E-state index contributed by atoms with van der Waals surface area (Å²) in [6.07, 6.45) is 3.07. The van der Waals surface area contributed by atoms with E-state index in [0.29, 0.717) is 18.7 Å². The van der Waals surface area contributed by atoms with E-state index in [-0.39, 0.29) is 40.6 Å². The summed E-state index contributed by atoms with van der Waals surface area (Å²) in [5.41, 5.74) is -0.140. The first-order chi connectivity index (χ1) is 13.9. The number of carbonyl (C=O) groups is 1. The Morgan fingerprint density at radius 3 is 2.73 bits per heavy atom. The number of hydrogen-bond acceptors (Lipinski definition) is 7. The largest absolute Gasteiger partial charge is 0.477 e. The van der Waals surface area contributed by atoms with Gasteiger partial charge < -0.3 is 24.7 Å². The first kappa shape index (κ1) is 20.5. The summed E-state index contributed by atoms with van der Waals surface area (Å²) >= 11 is 0. The molecular formula is C19H21ClFN5O4. The van der Waals surface area contributed by atoms with E-state index in [2.05, 4.69) is 15.5 Å². The van der Waals surface area contributed by atoms with Crippen LogP contribution >= 0.6 is 12.4 Å². The van der Waals surface area contributed by atoms with Crippen LogP contribution in [0.1, 0.15) is 29.2 Å². The molecule has 9 nitrogen and oxygen atoms in total. The molecule has 1 spiro atoms. The molecule has 0 atom stereocenters. The van der Waals surface area contributed by atoms with Crippen molar-refractivity contribution in [2.75, 3.05) is 38.2 Å². The SMILES string of the molecule is CO/N=C1/CN(c2nc3c(cc2F)c(=O)c(C(=O)O)cn3C2CC2)CC12CNC2.Cl. The van der Waals surface area contributed by atoms with Gasteiger partial charge in [0.15, 0.2) is 11.6 Å². The molecule has 2 N–H and O–H groups in total. The number of carboxylic acid groups (broad SMARTS) is 1. The van der Waals surface area contributed by atoms with Crippen LogP contribution in [0, 0.1) is 11.2 Å². The molecule has 5 rings (SSSR count). The molecule has 11 heteroatoms. The zero-order valence-corrected chi connectivity index (χ0v) is 17.0. The van der Waals surface area contributed by atoms with Crippen molar-refractivity contribution in [3.8, 4) is 0 Å². The van der Waals surface area contributed by atoms with Crippen molar-refractivity contribution in [2.24, 2.45) is 10.6 Å². The first-order valence-electron chi connectivity index (χ1n) is 9.48. The van der Waals surface area contributed by atoms with Crippen molar-refractivity contribution in [2.45, 2.75) is 18.9 Å². The van der Waals surface area contributed by atoms with E-state index in [0.717, 1.165) is 37.7 Å². The normalized spacial score (nSPS) is 21.0. The zero-order valence-electron chi connectivity index (χ0n) is 16.2. The van der Waals surface area contributed by atoms with Gasteiger partial charge in [-0.3, -0.25) is 4.79 Å². The second kappa shape index (κ2) is 7.21. The number of oxime groups is 1. The Morgan fingerprint density at radius 1 is 1.43 bits per heavy atom. The molecule has 0 radical (unpaired) electrons. The van der Waals surface area contributed by atoms with Crippen LogP contribution in [0.2, 0.25) is 0 Å². The van der Waals surface area contributed by atoms with Gasteiger partial charge in [-0.15, -0.1) is 12.4 Å². The number of halogens is 2.